The van der Waals surface area contributed by atoms with Crippen LogP contribution in [-0.2, 0) is 9.59 Å². The van der Waals surface area contributed by atoms with Gasteiger partial charge in [0, 0.05) is 12.8 Å². The third kappa shape index (κ3) is 4.73. The molecule has 3 rings (SSSR count). The summed E-state index contributed by atoms with van der Waals surface area (Å²) in [4.78, 5) is 31.3. The molecule has 2 fully saturated rings. The molecule has 2 N–H and O–H groups in total. The minimum absolute atomic E-state index is 0.0355. The number of aryl methyl sites for hydroxylation is 1. The van der Waals surface area contributed by atoms with Gasteiger partial charge < -0.3 is 10.4 Å². The average Bonchev–Trinajstić information content (AvgIpc) is 2.57. The van der Waals surface area contributed by atoms with Crippen molar-refractivity contribution in [2.45, 2.75) is 53.1 Å². The summed E-state index contributed by atoms with van der Waals surface area (Å²) in [5, 5.41) is 12.9. The predicted octanol–water partition coefficient (Wildman–Crippen LogP) is 3.01. The van der Waals surface area contributed by atoms with Crippen molar-refractivity contribution in [3.63, 3.8) is 0 Å². The first kappa shape index (κ1) is 21.6. The molecular weight excluding hydrogens is 386 g/mol. The number of aliphatic hydroxyl groups excluding tert-OH is 1. The molecule has 1 aliphatic carbocycles. The Hall–Kier alpha value is -2.12. The molecule has 1 aliphatic heterocycles. The van der Waals surface area contributed by atoms with E-state index in [9.17, 15) is 14.7 Å². The minimum Gasteiger partial charge on any atom is -0.393 e. The number of thiocarbonyl (C=S) groups is 1. The van der Waals surface area contributed by atoms with Crippen molar-refractivity contribution in [2.75, 3.05) is 11.4 Å². The summed E-state index contributed by atoms with van der Waals surface area (Å²) >= 11 is 5.25. The summed E-state index contributed by atoms with van der Waals surface area (Å²) in [6.07, 6.45) is 3.45. The predicted molar refractivity (Wildman–Crippen MR) is 118 cm³/mol. The summed E-state index contributed by atoms with van der Waals surface area (Å²) in [6, 6.07) is 7.41. The van der Waals surface area contributed by atoms with Crippen LogP contribution in [-0.4, -0.2) is 40.9 Å². The van der Waals surface area contributed by atoms with E-state index in [0.717, 1.165) is 18.4 Å². The molecule has 1 heterocycles. The van der Waals surface area contributed by atoms with Crippen molar-refractivity contribution in [3.05, 3.63) is 29.8 Å². The van der Waals surface area contributed by atoms with E-state index >= 15 is 0 Å². The van der Waals surface area contributed by atoms with Gasteiger partial charge in [-0.3, -0.25) is 19.5 Å². The van der Waals surface area contributed by atoms with Crippen molar-refractivity contribution in [1.82, 2.24) is 5.32 Å². The maximum Gasteiger partial charge on any atom is 0.251 e. The van der Waals surface area contributed by atoms with Crippen molar-refractivity contribution < 1.29 is 14.7 Å². The molecule has 1 saturated heterocycles. The summed E-state index contributed by atoms with van der Waals surface area (Å²) in [5.41, 5.74) is 1.41. The number of para-hydroxylation sites is 1. The fraction of sp³-hybridized carbons (Fsp3) is 0.545. The van der Waals surface area contributed by atoms with Gasteiger partial charge in [0.25, 0.3) is 5.91 Å². The number of hydrogen-bond donors (Lipinski definition) is 2. The van der Waals surface area contributed by atoms with E-state index in [4.69, 9.17) is 12.2 Å². The van der Waals surface area contributed by atoms with E-state index < -0.39 is 17.7 Å². The van der Waals surface area contributed by atoms with Gasteiger partial charge in [-0.1, -0.05) is 39.0 Å². The Balaban J connectivity index is 1.77. The number of benzene rings is 1. The van der Waals surface area contributed by atoms with E-state index in [1.165, 1.54) is 11.1 Å². The van der Waals surface area contributed by atoms with Crippen molar-refractivity contribution in [3.8, 4) is 0 Å². The number of aliphatic hydroxyl groups is 1. The van der Waals surface area contributed by atoms with E-state index in [0.29, 0.717) is 18.7 Å². The van der Waals surface area contributed by atoms with Crippen LogP contribution in [0.15, 0.2) is 29.3 Å². The highest BCUT2D eigenvalue weighted by Crippen LogP contribution is 2.46. The maximum absolute atomic E-state index is 13.1. The number of hydrogen-bond acceptors (Lipinski definition) is 5. The van der Waals surface area contributed by atoms with Crippen LogP contribution in [0.25, 0.3) is 0 Å². The molecule has 0 aromatic heterocycles. The summed E-state index contributed by atoms with van der Waals surface area (Å²) in [5.74, 6) is -1.87. The molecule has 6 nitrogen and oxygen atoms in total. The highest BCUT2D eigenvalue weighted by atomic mass is 32.1. The largest absolute Gasteiger partial charge is 0.393 e. The summed E-state index contributed by atoms with van der Waals surface area (Å²) in [7, 11) is 0. The van der Waals surface area contributed by atoms with Crippen molar-refractivity contribution >= 4 is 41.0 Å². The van der Waals surface area contributed by atoms with Gasteiger partial charge in [0.05, 0.1) is 11.8 Å². The summed E-state index contributed by atoms with van der Waals surface area (Å²) in [6.45, 7) is 8.75. The molecule has 1 aromatic carbocycles. The van der Waals surface area contributed by atoms with Gasteiger partial charge in [0.1, 0.15) is 0 Å². The first-order valence-corrected chi connectivity index (χ1v) is 10.3. The van der Waals surface area contributed by atoms with E-state index in [-0.39, 0.29) is 22.0 Å². The zero-order valence-electron chi connectivity index (χ0n) is 17.4. The van der Waals surface area contributed by atoms with Crippen LogP contribution in [0.3, 0.4) is 0 Å². The number of nitrogens with zero attached hydrogens (tertiary/aromatic N) is 2. The molecule has 1 saturated carbocycles. The lowest BCUT2D eigenvalue weighted by atomic mass is 9.63. The molecule has 0 unspecified atom stereocenters. The monoisotopic (exact) mass is 415 g/mol. The van der Waals surface area contributed by atoms with Gasteiger partial charge in [-0.2, -0.15) is 0 Å². The van der Waals surface area contributed by atoms with E-state index in [1.54, 1.807) is 6.07 Å². The third-order valence-corrected chi connectivity index (χ3v) is 5.99. The number of carbonyl (C=O) groups is 2. The second-order valence-corrected chi connectivity index (χ2v) is 9.82. The molecule has 0 spiro atoms. The normalized spacial score (nSPS) is 30.0. The second kappa shape index (κ2) is 7.95. The second-order valence-electron chi connectivity index (χ2n) is 9.44. The molecule has 1 aromatic rings. The topological polar surface area (TPSA) is 82.0 Å². The van der Waals surface area contributed by atoms with Crippen LogP contribution < -0.4 is 10.2 Å². The molecule has 2 aliphatic rings. The van der Waals surface area contributed by atoms with Crippen LogP contribution in [0.4, 0.5) is 5.69 Å². The number of aliphatic imine (C=N–C) groups is 1. The van der Waals surface area contributed by atoms with Crippen molar-refractivity contribution in [2.24, 2.45) is 21.7 Å². The Bertz CT molecular complexity index is 867. The number of amides is 2. The van der Waals surface area contributed by atoms with Crippen LogP contribution in [0.1, 0.15) is 45.6 Å². The molecular formula is C22H29N3O3S. The van der Waals surface area contributed by atoms with Crippen LogP contribution in [0, 0.1) is 23.7 Å². The molecule has 0 radical (unpaired) electrons. The zero-order chi connectivity index (χ0) is 21.4. The van der Waals surface area contributed by atoms with E-state index in [2.05, 4.69) is 31.1 Å². The highest BCUT2D eigenvalue weighted by molar-refractivity contribution is 7.80. The van der Waals surface area contributed by atoms with Crippen LogP contribution >= 0.6 is 12.2 Å². The molecule has 7 heteroatoms. The average molecular weight is 416 g/mol. The zero-order valence-corrected chi connectivity index (χ0v) is 18.3. The van der Waals surface area contributed by atoms with Gasteiger partial charge in [-0.15, -0.1) is 0 Å². The Morgan fingerprint density at radius 3 is 2.62 bits per heavy atom. The van der Waals surface area contributed by atoms with Crippen LogP contribution in [0.5, 0.6) is 0 Å². The number of nitrogens with one attached hydrogen (secondary N) is 1. The number of anilines is 1. The first-order valence-electron chi connectivity index (χ1n) is 9.94. The highest BCUT2D eigenvalue weighted by Gasteiger charge is 2.41. The van der Waals surface area contributed by atoms with E-state index in [1.807, 2.05) is 25.1 Å². The maximum atomic E-state index is 13.1. The Labute approximate surface area is 177 Å². The lowest BCUT2D eigenvalue weighted by molar-refractivity contribution is -0.130. The van der Waals surface area contributed by atoms with Crippen molar-refractivity contribution in [1.29, 1.82) is 0 Å². The SMILES string of the molecule is Cc1ccccc1N1C(=O)[C@@H](C=NC[C@@]2(C)C[C@@H](O)CC(C)(C)C2)C(=O)NC1=S. The Morgan fingerprint density at radius 2 is 1.97 bits per heavy atom. The molecule has 3 atom stereocenters. The van der Waals surface area contributed by atoms with Gasteiger partial charge in [-0.05, 0) is 60.9 Å². The number of carbonyl (C=O) groups excluding carboxylic acids is 2. The Morgan fingerprint density at radius 1 is 1.28 bits per heavy atom. The quantitative estimate of drug-likeness (QED) is 0.450. The first-order chi connectivity index (χ1) is 13.5. The molecule has 2 amide bonds. The Kier molecular flexibility index (Phi) is 5.92. The third-order valence-electron chi connectivity index (χ3n) is 5.71. The van der Waals surface area contributed by atoms with Gasteiger partial charge >= 0.3 is 0 Å². The van der Waals surface area contributed by atoms with Gasteiger partial charge in [-0.25, -0.2) is 0 Å². The molecule has 29 heavy (non-hydrogen) atoms. The fourth-order valence-corrected chi connectivity index (χ4v) is 5.13. The van der Waals surface area contributed by atoms with Gasteiger partial charge in [0.2, 0.25) is 5.91 Å². The number of rotatable bonds is 4. The molecule has 0 bridgehead atoms. The standard InChI is InChI=1S/C22H29N3O3S/c1-14-7-5-6-8-17(14)25-19(28)16(18(27)24-20(25)29)11-23-13-22(4)10-15(26)9-21(2,3)12-22/h5-8,11,15-16,26H,9-10,12-13H2,1-4H3,(H,24,27,29)/t15-,16-,22-/m0/s1. The smallest absolute Gasteiger partial charge is 0.251 e. The molecule has 156 valence electrons. The lowest BCUT2D eigenvalue weighted by Gasteiger charge is -2.44. The van der Waals surface area contributed by atoms with Crippen LogP contribution in [0.2, 0.25) is 0 Å². The summed E-state index contributed by atoms with van der Waals surface area (Å²) < 4.78 is 0. The van der Waals surface area contributed by atoms with Gasteiger partial charge in [0.15, 0.2) is 11.0 Å². The lowest BCUT2D eigenvalue weighted by Crippen LogP contribution is -2.58. The minimum atomic E-state index is -1.02. The fourth-order valence-electron chi connectivity index (χ4n) is 4.84.